The number of hydrogen-bond donors (Lipinski definition) is 2. The summed E-state index contributed by atoms with van der Waals surface area (Å²) in [5, 5.41) is 13.4. The van der Waals surface area contributed by atoms with Crippen molar-refractivity contribution in [2.45, 2.75) is 31.7 Å². The predicted molar refractivity (Wildman–Crippen MR) is 69.5 cm³/mol. The highest BCUT2D eigenvalue weighted by atomic mass is 16.3. The van der Waals surface area contributed by atoms with Gasteiger partial charge in [0.15, 0.2) is 0 Å². The first-order valence-corrected chi connectivity index (χ1v) is 6.66. The third kappa shape index (κ3) is 2.12. The zero-order valence-electron chi connectivity index (χ0n) is 10.2. The molecule has 0 spiro atoms. The smallest absolute Gasteiger partial charge is 0.120 e. The molecule has 2 fully saturated rings. The number of phenols is 1. The van der Waals surface area contributed by atoms with E-state index in [2.05, 4.69) is 16.3 Å². The number of rotatable bonds is 2. The Morgan fingerprint density at radius 1 is 1.18 bits per heavy atom. The lowest BCUT2D eigenvalue weighted by molar-refractivity contribution is 0.457. The molecule has 0 amide bonds. The predicted octanol–water partition coefficient (Wildman–Crippen LogP) is 2.42. The van der Waals surface area contributed by atoms with Gasteiger partial charge in [-0.2, -0.15) is 0 Å². The molecular formula is C14H20N2O. The van der Waals surface area contributed by atoms with Crippen LogP contribution in [0.15, 0.2) is 18.2 Å². The molecule has 1 aromatic carbocycles. The molecule has 2 aliphatic rings. The van der Waals surface area contributed by atoms with Crippen LogP contribution in [-0.2, 0) is 0 Å². The van der Waals surface area contributed by atoms with Crippen molar-refractivity contribution < 1.29 is 5.11 Å². The highest BCUT2D eigenvalue weighted by Gasteiger charge is 2.21. The third-order valence-electron chi connectivity index (χ3n) is 3.92. The fourth-order valence-electron chi connectivity index (χ4n) is 2.94. The van der Waals surface area contributed by atoms with Gasteiger partial charge in [-0.25, -0.2) is 0 Å². The Hall–Kier alpha value is -1.22. The summed E-state index contributed by atoms with van der Waals surface area (Å²) in [6.07, 6.45) is 4.92. The molecule has 2 heterocycles. The van der Waals surface area contributed by atoms with E-state index in [0.29, 0.717) is 11.8 Å². The van der Waals surface area contributed by atoms with Crippen LogP contribution in [0.1, 0.15) is 37.3 Å². The molecule has 17 heavy (non-hydrogen) atoms. The number of aromatic hydroxyl groups is 1. The van der Waals surface area contributed by atoms with E-state index in [4.69, 9.17) is 0 Å². The van der Waals surface area contributed by atoms with Crippen molar-refractivity contribution in [3.8, 4) is 5.75 Å². The quantitative estimate of drug-likeness (QED) is 0.822. The van der Waals surface area contributed by atoms with Gasteiger partial charge in [0, 0.05) is 30.4 Å². The number of benzene rings is 1. The number of nitrogens with zero attached hydrogens (tertiary/aromatic N) is 1. The van der Waals surface area contributed by atoms with Crippen molar-refractivity contribution in [1.82, 2.24) is 5.32 Å². The zero-order valence-corrected chi connectivity index (χ0v) is 10.2. The van der Waals surface area contributed by atoms with Crippen LogP contribution < -0.4 is 10.2 Å². The molecule has 2 saturated heterocycles. The van der Waals surface area contributed by atoms with Crippen LogP contribution in [-0.4, -0.2) is 24.7 Å². The van der Waals surface area contributed by atoms with Gasteiger partial charge in [0.1, 0.15) is 5.75 Å². The van der Waals surface area contributed by atoms with Crippen LogP contribution >= 0.6 is 0 Å². The van der Waals surface area contributed by atoms with Crippen molar-refractivity contribution in [2.75, 3.05) is 24.5 Å². The van der Waals surface area contributed by atoms with Gasteiger partial charge in [0.25, 0.3) is 0 Å². The standard InChI is InChI=1S/C14H20N2O/c17-14-6-5-11(16-8-1-2-9-16)10-12(14)13-4-3-7-15-13/h5-6,10,13,15,17H,1-4,7-9H2. The van der Waals surface area contributed by atoms with Gasteiger partial charge in [0.2, 0.25) is 0 Å². The maximum Gasteiger partial charge on any atom is 0.120 e. The maximum absolute atomic E-state index is 9.98. The lowest BCUT2D eigenvalue weighted by Gasteiger charge is -2.21. The van der Waals surface area contributed by atoms with Gasteiger partial charge < -0.3 is 15.3 Å². The number of hydrogen-bond acceptors (Lipinski definition) is 3. The Labute approximate surface area is 102 Å². The molecule has 1 atom stereocenters. The lowest BCUT2D eigenvalue weighted by atomic mass is 10.0. The first-order valence-electron chi connectivity index (χ1n) is 6.66. The summed E-state index contributed by atoms with van der Waals surface area (Å²) in [4.78, 5) is 2.41. The average Bonchev–Trinajstić information content (AvgIpc) is 3.03. The van der Waals surface area contributed by atoms with Gasteiger partial charge in [-0.05, 0) is 50.4 Å². The number of nitrogens with one attached hydrogen (secondary N) is 1. The van der Waals surface area contributed by atoms with E-state index in [1.807, 2.05) is 12.1 Å². The Bertz CT molecular complexity index is 393. The molecule has 2 N–H and O–H groups in total. The summed E-state index contributed by atoms with van der Waals surface area (Å²) in [6, 6.07) is 6.41. The molecule has 1 unspecified atom stereocenters. The summed E-state index contributed by atoms with van der Waals surface area (Å²) >= 11 is 0. The van der Waals surface area contributed by atoms with Gasteiger partial charge in [-0.1, -0.05) is 0 Å². The van der Waals surface area contributed by atoms with E-state index < -0.39 is 0 Å². The van der Waals surface area contributed by atoms with Crippen molar-refractivity contribution in [1.29, 1.82) is 0 Å². The second kappa shape index (κ2) is 4.57. The molecule has 0 saturated carbocycles. The molecule has 0 aromatic heterocycles. The monoisotopic (exact) mass is 232 g/mol. The minimum absolute atomic E-state index is 0.345. The highest BCUT2D eigenvalue weighted by Crippen LogP contribution is 2.34. The average molecular weight is 232 g/mol. The topological polar surface area (TPSA) is 35.5 Å². The van der Waals surface area contributed by atoms with Crippen LogP contribution in [0.25, 0.3) is 0 Å². The SMILES string of the molecule is Oc1ccc(N2CCCC2)cc1C1CCCN1. The van der Waals surface area contributed by atoms with Crippen molar-refractivity contribution in [3.63, 3.8) is 0 Å². The Morgan fingerprint density at radius 3 is 2.71 bits per heavy atom. The largest absolute Gasteiger partial charge is 0.508 e. The summed E-state index contributed by atoms with van der Waals surface area (Å²) in [5.74, 6) is 0.437. The molecule has 3 nitrogen and oxygen atoms in total. The zero-order chi connectivity index (χ0) is 11.7. The molecule has 1 aromatic rings. The fourth-order valence-corrected chi connectivity index (χ4v) is 2.94. The first-order chi connectivity index (χ1) is 8.34. The minimum Gasteiger partial charge on any atom is -0.508 e. The lowest BCUT2D eigenvalue weighted by Crippen LogP contribution is -2.19. The van der Waals surface area contributed by atoms with Gasteiger partial charge in [-0.3, -0.25) is 0 Å². The van der Waals surface area contributed by atoms with Crippen LogP contribution in [0.2, 0.25) is 0 Å². The summed E-state index contributed by atoms with van der Waals surface area (Å²) in [6.45, 7) is 3.38. The number of phenolic OH excluding ortho intramolecular Hbond substituents is 1. The molecule has 2 aliphatic heterocycles. The van der Waals surface area contributed by atoms with Crippen molar-refractivity contribution >= 4 is 5.69 Å². The van der Waals surface area contributed by atoms with Gasteiger partial charge >= 0.3 is 0 Å². The first kappa shape index (κ1) is 10.9. The minimum atomic E-state index is 0.345. The van der Waals surface area contributed by atoms with E-state index in [9.17, 15) is 5.11 Å². The van der Waals surface area contributed by atoms with E-state index in [1.165, 1.54) is 24.9 Å². The van der Waals surface area contributed by atoms with E-state index >= 15 is 0 Å². The van der Waals surface area contributed by atoms with E-state index in [0.717, 1.165) is 31.6 Å². The molecule has 0 aliphatic carbocycles. The third-order valence-corrected chi connectivity index (χ3v) is 3.92. The van der Waals surface area contributed by atoms with Crippen LogP contribution in [0.3, 0.4) is 0 Å². The van der Waals surface area contributed by atoms with Crippen molar-refractivity contribution in [3.05, 3.63) is 23.8 Å². The molecule has 3 rings (SSSR count). The maximum atomic E-state index is 9.98. The van der Waals surface area contributed by atoms with E-state index in [-0.39, 0.29) is 0 Å². The Balaban J connectivity index is 1.88. The van der Waals surface area contributed by atoms with Gasteiger partial charge in [0.05, 0.1) is 0 Å². The highest BCUT2D eigenvalue weighted by molar-refractivity contribution is 5.54. The number of anilines is 1. The summed E-state index contributed by atoms with van der Waals surface area (Å²) in [7, 11) is 0. The molecule has 0 radical (unpaired) electrons. The summed E-state index contributed by atoms with van der Waals surface area (Å²) < 4.78 is 0. The van der Waals surface area contributed by atoms with Crippen LogP contribution in [0, 0.1) is 0 Å². The molecule has 92 valence electrons. The van der Waals surface area contributed by atoms with Gasteiger partial charge in [-0.15, -0.1) is 0 Å². The fraction of sp³-hybridized carbons (Fsp3) is 0.571. The van der Waals surface area contributed by atoms with Crippen molar-refractivity contribution in [2.24, 2.45) is 0 Å². The molecule has 0 bridgehead atoms. The Morgan fingerprint density at radius 2 is 2.00 bits per heavy atom. The normalized spacial score (nSPS) is 24.5. The van der Waals surface area contributed by atoms with Crippen LogP contribution in [0.5, 0.6) is 5.75 Å². The van der Waals surface area contributed by atoms with E-state index in [1.54, 1.807) is 0 Å². The second-order valence-electron chi connectivity index (χ2n) is 5.09. The Kier molecular flexibility index (Phi) is 2.93. The second-order valence-corrected chi connectivity index (χ2v) is 5.09. The van der Waals surface area contributed by atoms with Crippen LogP contribution in [0.4, 0.5) is 5.69 Å². The summed E-state index contributed by atoms with van der Waals surface area (Å²) in [5.41, 5.74) is 2.34. The molecule has 3 heteroatoms. The molecular weight excluding hydrogens is 212 g/mol.